The predicted molar refractivity (Wildman–Crippen MR) is 67.5 cm³/mol. The van der Waals surface area contributed by atoms with Gasteiger partial charge in [-0.2, -0.15) is 0 Å². The predicted octanol–water partition coefficient (Wildman–Crippen LogP) is -2.69. The normalized spacial score (nSPS) is 8.35. The molecular formula is C6H14KN3O13. The SMILES string of the molecule is N.O.O=C(O)CC(CC(=O)O)(O[N+](=O)[O-])C(=O)O.O=[N+]([O-])O.[KH]. The molecule has 0 aliphatic carbocycles. The standard InChI is InChI=1S/C6H7NO9.K.HNO3.H3N.H2O.H/c8-3(9)1-6(5(12)13,2-4(10)11)16-7(14)15;;2-1(3)4;;;/h1-2H2,(H,8,9)(H,10,11)(H,12,13);;(H,2,3,4);1H3;1H2;. The fraction of sp³-hybridized carbons (Fsp3) is 0.500. The zero-order valence-corrected chi connectivity index (χ0v) is 10.6. The first-order valence-corrected chi connectivity index (χ1v) is 4.26. The molecule has 9 N–H and O–H groups in total. The number of rotatable bonds is 7. The van der Waals surface area contributed by atoms with Gasteiger partial charge in [0.15, 0.2) is 0 Å². The molecule has 0 bridgehead atoms. The number of carbonyl (C=O) groups is 3. The minimum atomic E-state index is -2.92. The van der Waals surface area contributed by atoms with Gasteiger partial charge in [-0.25, -0.2) is 4.79 Å². The molecule has 0 aromatic heterocycles. The summed E-state index contributed by atoms with van der Waals surface area (Å²) in [4.78, 5) is 53.4. The van der Waals surface area contributed by atoms with Crippen LogP contribution < -0.4 is 6.15 Å². The van der Waals surface area contributed by atoms with Crippen molar-refractivity contribution in [1.82, 2.24) is 6.15 Å². The molecule has 0 aliphatic heterocycles. The Morgan fingerprint density at radius 2 is 1.26 bits per heavy atom. The number of hydrogen-bond donors (Lipinski definition) is 5. The van der Waals surface area contributed by atoms with Crippen molar-refractivity contribution in [2.75, 3.05) is 0 Å². The quantitative estimate of drug-likeness (QED) is 0.172. The number of nitrogens with zero attached hydrogens (tertiary/aromatic N) is 2. The molecule has 0 unspecified atom stereocenters. The van der Waals surface area contributed by atoms with Gasteiger partial charge >= 0.3 is 69.3 Å². The molecule has 0 saturated carbocycles. The summed E-state index contributed by atoms with van der Waals surface area (Å²) in [5.74, 6) is -5.50. The van der Waals surface area contributed by atoms with Crippen molar-refractivity contribution in [2.24, 2.45) is 0 Å². The molecule has 0 aromatic carbocycles. The molecule has 132 valence electrons. The zero-order valence-electron chi connectivity index (χ0n) is 10.6. The molecule has 0 saturated heterocycles. The molecule has 16 nitrogen and oxygen atoms in total. The van der Waals surface area contributed by atoms with E-state index in [1.807, 2.05) is 0 Å². The van der Waals surface area contributed by atoms with E-state index in [0.29, 0.717) is 0 Å². The second kappa shape index (κ2) is 15.3. The number of carboxylic acid groups (broad SMARTS) is 3. The Hall–Kier alpha value is -1.63. The number of carboxylic acids is 3. The van der Waals surface area contributed by atoms with Gasteiger partial charge in [0.25, 0.3) is 10.2 Å². The van der Waals surface area contributed by atoms with E-state index < -0.39 is 46.5 Å². The zero-order chi connectivity index (χ0) is 16.5. The van der Waals surface area contributed by atoms with Gasteiger partial charge in [0.2, 0.25) is 5.60 Å². The maximum absolute atomic E-state index is 10.7. The van der Waals surface area contributed by atoms with E-state index in [2.05, 4.69) is 4.84 Å². The Labute approximate surface area is 168 Å². The fourth-order valence-corrected chi connectivity index (χ4v) is 0.949. The summed E-state index contributed by atoms with van der Waals surface area (Å²) in [5, 5.41) is 47.5. The first kappa shape index (κ1) is 33.1. The Morgan fingerprint density at radius 3 is 1.39 bits per heavy atom. The van der Waals surface area contributed by atoms with Gasteiger partial charge in [-0.05, 0) is 0 Å². The van der Waals surface area contributed by atoms with Crippen LogP contribution in [-0.2, 0) is 19.2 Å². The van der Waals surface area contributed by atoms with Crippen LogP contribution in [0.3, 0.4) is 0 Å². The number of hydrogen-bond acceptors (Lipinski definition) is 9. The van der Waals surface area contributed by atoms with Crippen LogP contribution in [0.25, 0.3) is 0 Å². The summed E-state index contributed by atoms with van der Waals surface area (Å²) in [7, 11) is 0. The second-order valence-corrected chi connectivity index (χ2v) is 2.99. The van der Waals surface area contributed by atoms with Crippen LogP contribution in [0, 0.1) is 20.2 Å². The summed E-state index contributed by atoms with van der Waals surface area (Å²) < 4.78 is 0. The van der Waals surface area contributed by atoms with Crippen molar-refractivity contribution in [2.45, 2.75) is 18.4 Å². The molecule has 0 heterocycles. The van der Waals surface area contributed by atoms with Crippen LogP contribution in [-0.4, -0.2) is 111 Å². The topological polar surface area (TPSA) is 294 Å². The van der Waals surface area contributed by atoms with Crippen molar-refractivity contribution in [3.05, 3.63) is 20.2 Å². The Bertz CT molecular complexity index is 381. The molecule has 0 spiro atoms. The summed E-state index contributed by atoms with van der Waals surface area (Å²) in [5.41, 5.74) is -2.92. The van der Waals surface area contributed by atoms with Gasteiger partial charge in [0.1, 0.15) is 0 Å². The number of aliphatic carboxylic acids is 3. The molecule has 0 atom stereocenters. The minimum absolute atomic E-state index is 0. The second-order valence-electron chi connectivity index (χ2n) is 2.99. The van der Waals surface area contributed by atoms with Gasteiger partial charge in [0, 0.05) is 0 Å². The summed E-state index contributed by atoms with van der Waals surface area (Å²) in [6.45, 7) is 0. The van der Waals surface area contributed by atoms with E-state index in [1.165, 1.54) is 0 Å². The van der Waals surface area contributed by atoms with E-state index in [-0.39, 0.29) is 63.0 Å². The third-order valence-corrected chi connectivity index (χ3v) is 1.51. The Kier molecular flexibility index (Phi) is 22.0. The Balaban J connectivity index is -0.000000138. The van der Waals surface area contributed by atoms with Crippen molar-refractivity contribution >= 4 is 69.3 Å². The van der Waals surface area contributed by atoms with Crippen LogP contribution in [0.4, 0.5) is 0 Å². The van der Waals surface area contributed by atoms with Crippen molar-refractivity contribution in [3.63, 3.8) is 0 Å². The molecule has 0 radical (unpaired) electrons. The van der Waals surface area contributed by atoms with E-state index in [9.17, 15) is 24.5 Å². The van der Waals surface area contributed by atoms with Crippen molar-refractivity contribution in [1.29, 1.82) is 0 Å². The van der Waals surface area contributed by atoms with E-state index in [0.717, 1.165) is 0 Å². The van der Waals surface area contributed by atoms with Crippen LogP contribution in [0.5, 0.6) is 0 Å². The monoisotopic (exact) mass is 375 g/mol. The van der Waals surface area contributed by atoms with E-state index in [1.54, 1.807) is 0 Å². The first-order valence-electron chi connectivity index (χ1n) is 4.26. The fourth-order valence-electron chi connectivity index (χ4n) is 0.949. The van der Waals surface area contributed by atoms with Crippen LogP contribution in [0.2, 0.25) is 0 Å². The van der Waals surface area contributed by atoms with Crippen LogP contribution in [0.1, 0.15) is 12.8 Å². The molecule has 0 fully saturated rings. The molecule has 23 heavy (non-hydrogen) atoms. The summed E-state index contributed by atoms with van der Waals surface area (Å²) >= 11 is 0. The van der Waals surface area contributed by atoms with Crippen LogP contribution in [0.15, 0.2) is 0 Å². The molecule has 0 aromatic rings. The van der Waals surface area contributed by atoms with Gasteiger partial charge < -0.3 is 32.2 Å². The maximum atomic E-state index is 10.7. The molecule has 0 aliphatic rings. The average Bonchev–Trinajstić information content (AvgIpc) is 2.11. The third-order valence-electron chi connectivity index (χ3n) is 1.51. The molecule has 0 amide bonds. The van der Waals surface area contributed by atoms with E-state index in [4.69, 9.17) is 30.6 Å². The third kappa shape index (κ3) is 18.3. The van der Waals surface area contributed by atoms with Gasteiger partial charge in [-0.1, -0.05) is 0 Å². The van der Waals surface area contributed by atoms with E-state index >= 15 is 0 Å². The average molecular weight is 375 g/mol. The van der Waals surface area contributed by atoms with Gasteiger partial charge in [0.05, 0.1) is 12.8 Å². The Morgan fingerprint density at radius 1 is 1.00 bits per heavy atom. The summed E-state index contributed by atoms with van der Waals surface area (Å²) in [6.07, 6.45) is -2.68. The molecular weight excluding hydrogens is 361 g/mol. The van der Waals surface area contributed by atoms with Gasteiger partial charge in [-0.3, -0.25) is 14.4 Å². The molecule has 17 heteroatoms. The first-order chi connectivity index (χ1) is 8.92. The summed E-state index contributed by atoms with van der Waals surface area (Å²) in [6, 6.07) is 0. The van der Waals surface area contributed by atoms with Crippen molar-refractivity contribution in [3.8, 4) is 0 Å². The van der Waals surface area contributed by atoms with Gasteiger partial charge in [-0.15, -0.1) is 20.2 Å². The van der Waals surface area contributed by atoms with Crippen molar-refractivity contribution < 1.29 is 55.4 Å². The van der Waals surface area contributed by atoms with Crippen LogP contribution >= 0.6 is 0 Å². The molecule has 0 rings (SSSR count).